The molecule has 1 aliphatic heterocycles. The minimum atomic E-state index is 0.518. The number of nitrogens with one attached hydrogen (secondary N) is 2. The van der Waals surface area contributed by atoms with E-state index in [0.29, 0.717) is 12.1 Å². The average Bonchev–Trinajstić information content (AvgIpc) is 2.89. The summed E-state index contributed by atoms with van der Waals surface area (Å²) in [5, 5.41) is 7.99. The van der Waals surface area contributed by atoms with Crippen molar-refractivity contribution in [3.8, 4) is 0 Å². The molecule has 1 saturated heterocycles. The van der Waals surface area contributed by atoms with Crippen molar-refractivity contribution < 1.29 is 0 Å². The van der Waals surface area contributed by atoms with E-state index in [1.54, 1.807) is 11.3 Å². The summed E-state index contributed by atoms with van der Waals surface area (Å²) < 4.78 is 0. The van der Waals surface area contributed by atoms with Crippen LogP contribution < -0.4 is 10.6 Å². The Morgan fingerprint density at radius 1 is 1.48 bits per heavy atom. The summed E-state index contributed by atoms with van der Waals surface area (Å²) in [7, 11) is 1.83. The van der Waals surface area contributed by atoms with Crippen LogP contribution in [0.2, 0.25) is 0 Å². The van der Waals surface area contributed by atoms with Gasteiger partial charge < -0.3 is 15.5 Å². The number of aryl methyl sites for hydroxylation is 1. The van der Waals surface area contributed by atoms with E-state index in [2.05, 4.69) is 46.3 Å². The van der Waals surface area contributed by atoms with Gasteiger partial charge >= 0.3 is 0 Å². The van der Waals surface area contributed by atoms with Gasteiger partial charge in [0.05, 0.1) is 6.54 Å². The number of likely N-dealkylation sites (tertiary alicyclic amines) is 1. The van der Waals surface area contributed by atoms with Crippen LogP contribution >= 0.6 is 11.3 Å². The molecule has 5 nitrogen and oxygen atoms in total. The van der Waals surface area contributed by atoms with Gasteiger partial charge in [-0.3, -0.25) is 4.99 Å². The molecule has 1 aromatic heterocycles. The molecule has 1 aromatic rings. The third-order valence-corrected chi connectivity index (χ3v) is 4.81. The van der Waals surface area contributed by atoms with Crippen molar-refractivity contribution in [2.24, 2.45) is 4.99 Å². The third-order valence-electron chi connectivity index (χ3n) is 3.90. The Morgan fingerprint density at radius 3 is 2.71 bits per heavy atom. The van der Waals surface area contributed by atoms with Gasteiger partial charge in [-0.2, -0.15) is 0 Å². The quantitative estimate of drug-likeness (QED) is 0.660. The van der Waals surface area contributed by atoms with Crippen LogP contribution in [0.5, 0.6) is 0 Å². The molecule has 0 saturated carbocycles. The number of rotatable bonds is 4. The molecule has 0 radical (unpaired) electrons. The number of piperidine rings is 1. The topological polar surface area (TPSA) is 52.6 Å². The molecule has 0 aliphatic carbocycles. The van der Waals surface area contributed by atoms with Crippen LogP contribution in [0.15, 0.2) is 11.2 Å². The summed E-state index contributed by atoms with van der Waals surface area (Å²) in [4.78, 5) is 12.5. The van der Waals surface area contributed by atoms with Crippen molar-refractivity contribution >= 4 is 17.3 Å². The molecule has 0 aromatic carbocycles. The molecule has 6 heteroatoms. The highest BCUT2D eigenvalue weighted by Crippen LogP contribution is 2.13. The number of hydrogen-bond acceptors (Lipinski definition) is 4. The smallest absolute Gasteiger partial charge is 0.191 e. The fourth-order valence-corrected chi connectivity index (χ4v) is 3.32. The minimum Gasteiger partial charge on any atom is -0.354 e. The molecular formula is C15H27N5S. The van der Waals surface area contributed by atoms with Gasteiger partial charge in [0.15, 0.2) is 5.96 Å². The zero-order valence-electron chi connectivity index (χ0n) is 13.5. The van der Waals surface area contributed by atoms with Gasteiger partial charge in [-0.05, 0) is 33.6 Å². The van der Waals surface area contributed by atoms with E-state index in [9.17, 15) is 0 Å². The van der Waals surface area contributed by atoms with Gasteiger partial charge in [-0.15, -0.1) is 11.3 Å². The molecule has 2 rings (SSSR count). The second kappa shape index (κ2) is 7.75. The molecule has 0 unspecified atom stereocenters. The largest absolute Gasteiger partial charge is 0.354 e. The third kappa shape index (κ3) is 4.97. The number of aliphatic imine (C=N–C) groups is 1. The molecule has 2 heterocycles. The van der Waals surface area contributed by atoms with E-state index in [-0.39, 0.29) is 0 Å². The Hall–Kier alpha value is -1.14. The highest BCUT2D eigenvalue weighted by Gasteiger charge is 2.21. The first kappa shape index (κ1) is 16.2. The molecule has 21 heavy (non-hydrogen) atoms. The number of aromatic nitrogens is 1. The van der Waals surface area contributed by atoms with Crippen molar-refractivity contribution in [3.05, 3.63) is 16.1 Å². The van der Waals surface area contributed by atoms with Crippen molar-refractivity contribution in [2.75, 3.05) is 20.1 Å². The highest BCUT2D eigenvalue weighted by atomic mass is 32.1. The number of guanidine groups is 1. The van der Waals surface area contributed by atoms with Crippen LogP contribution in [-0.2, 0) is 6.54 Å². The number of hydrogen-bond donors (Lipinski definition) is 2. The average molecular weight is 309 g/mol. The lowest BCUT2D eigenvalue weighted by molar-refractivity contribution is 0.167. The Kier molecular flexibility index (Phi) is 5.99. The maximum atomic E-state index is 4.36. The van der Waals surface area contributed by atoms with Gasteiger partial charge in [0.25, 0.3) is 0 Å². The van der Waals surface area contributed by atoms with Crippen LogP contribution in [0, 0.1) is 6.92 Å². The fourth-order valence-electron chi connectivity index (χ4n) is 2.59. The van der Waals surface area contributed by atoms with Crippen molar-refractivity contribution in [1.82, 2.24) is 20.5 Å². The standard InChI is InChI=1S/C15H27N5S/c1-11(2)20-7-5-13(6-8-20)19-15(16-4)18-10-14-17-9-12(3)21-14/h9,11,13H,5-8,10H2,1-4H3,(H2,16,18,19). The van der Waals surface area contributed by atoms with E-state index < -0.39 is 0 Å². The Balaban J connectivity index is 1.75. The lowest BCUT2D eigenvalue weighted by Crippen LogP contribution is -2.49. The SMILES string of the molecule is CN=C(NCc1ncc(C)s1)NC1CCN(C(C)C)CC1. The monoisotopic (exact) mass is 309 g/mol. The van der Waals surface area contributed by atoms with E-state index in [4.69, 9.17) is 0 Å². The second-order valence-corrected chi connectivity index (χ2v) is 7.16. The molecule has 0 bridgehead atoms. The lowest BCUT2D eigenvalue weighted by Gasteiger charge is -2.35. The van der Waals surface area contributed by atoms with Crippen LogP contribution in [-0.4, -0.2) is 48.1 Å². The van der Waals surface area contributed by atoms with Crippen LogP contribution in [0.3, 0.4) is 0 Å². The zero-order chi connectivity index (χ0) is 15.2. The summed E-state index contributed by atoms with van der Waals surface area (Å²) in [6.07, 6.45) is 4.27. The fraction of sp³-hybridized carbons (Fsp3) is 0.733. The summed E-state index contributed by atoms with van der Waals surface area (Å²) >= 11 is 1.73. The number of nitrogens with zero attached hydrogens (tertiary/aromatic N) is 3. The van der Waals surface area contributed by atoms with Gasteiger partial charge in [-0.1, -0.05) is 0 Å². The van der Waals surface area contributed by atoms with Gasteiger partial charge in [0.2, 0.25) is 0 Å². The first-order valence-corrected chi connectivity index (χ1v) is 8.52. The lowest BCUT2D eigenvalue weighted by atomic mass is 10.0. The van der Waals surface area contributed by atoms with Crippen molar-refractivity contribution in [3.63, 3.8) is 0 Å². The molecule has 118 valence electrons. The minimum absolute atomic E-state index is 0.518. The highest BCUT2D eigenvalue weighted by molar-refractivity contribution is 7.11. The second-order valence-electron chi connectivity index (χ2n) is 5.84. The number of thiazole rings is 1. The normalized spacial score (nSPS) is 18.2. The van der Waals surface area contributed by atoms with Gasteiger partial charge in [0, 0.05) is 43.3 Å². The molecule has 1 aliphatic rings. The first-order valence-electron chi connectivity index (χ1n) is 7.71. The first-order chi connectivity index (χ1) is 10.1. The van der Waals surface area contributed by atoms with Crippen LogP contribution in [0.4, 0.5) is 0 Å². The van der Waals surface area contributed by atoms with E-state index >= 15 is 0 Å². The molecule has 1 fully saturated rings. The zero-order valence-corrected chi connectivity index (χ0v) is 14.3. The molecule has 0 amide bonds. The van der Waals surface area contributed by atoms with Crippen molar-refractivity contribution in [2.45, 2.75) is 52.2 Å². The summed E-state index contributed by atoms with van der Waals surface area (Å²) in [6, 6.07) is 1.17. The van der Waals surface area contributed by atoms with Gasteiger partial charge in [0.1, 0.15) is 5.01 Å². The van der Waals surface area contributed by atoms with E-state index in [1.807, 2.05) is 13.2 Å². The summed E-state index contributed by atoms with van der Waals surface area (Å²) in [5.74, 6) is 0.880. The summed E-state index contributed by atoms with van der Waals surface area (Å²) in [6.45, 7) is 9.68. The predicted octanol–water partition coefficient (Wildman–Crippen LogP) is 1.99. The predicted molar refractivity (Wildman–Crippen MR) is 89.9 cm³/mol. The van der Waals surface area contributed by atoms with Crippen LogP contribution in [0.25, 0.3) is 0 Å². The molecule has 0 spiro atoms. The van der Waals surface area contributed by atoms with E-state index in [1.165, 1.54) is 17.7 Å². The Morgan fingerprint density at radius 2 is 2.19 bits per heavy atom. The van der Waals surface area contributed by atoms with Crippen molar-refractivity contribution in [1.29, 1.82) is 0 Å². The van der Waals surface area contributed by atoms with E-state index in [0.717, 1.165) is 30.6 Å². The Bertz CT molecular complexity index is 460. The molecule has 2 N–H and O–H groups in total. The molecular weight excluding hydrogens is 282 g/mol. The van der Waals surface area contributed by atoms with Crippen LogP contribution in [0.1, 0.15) is 36.6 Å². The maximum absolute atomic E-state index is 4.36. The molecule has 0 atom stereocenters. The Labute approximate surface area is 131 Å². The summed E-state index contributed by atoms with van der Waals surface area (Å²) in [5.41, 5.74) is 0. The van der Waals surface area contributed by atoms with Gasteiger partial charge in [-0.25, -0.2) is 4.98 Å². The maximum Gasteiger partial charge on any atom is 0.191 e.